The molecule has 1 unspecified atom stereocenters. The molecular weight excluding hydrogens is 236 g/mol. The Kier molecular flexibility index (Phi) is 5.44. The van der Waals surface area contributed by atoms with Crippen molar-refractivity contribution < 1.29 is 5.11 Å². The fraction of sp³-hybridized carbons (Fsp3) is 0.812. The normalized spacial score (nSPS) is 20.2. The van der Waals surface area contributed by atoms with Crippen LogP contribution in [0.15, 0.2) is 12.3 Å². The van der Waals surface area contributed by atoms with Crippen molar-refractivity contribution in [1.82, 2.24) is 9.78 Å². The van der Waals surface area contributed by atoms with Gasteiger partial charge in [-0.15, -0.1) is 0 Å². The molecule has 1 aliphatic rings. The van der Waals surface area contributed by atoms with Gasteiger partial charge in [-0.05, 0) is 38.7 Å². The summed E-state index contributed by atoms with van der Waals surface area (Å²) in [6.45, 7) is 4.25. The number of hydrogen-bond donors (Lipinski definition) is 1. The average molecular weight is 264 g/mol. The number of aliphatic hydroxyl groups is 1. The fourth-order valence-electron chi connectivity index (χ4n) is 3.03. The van der Waals surface area contributed by atoms with Gasteiger partial charge in [0.05, 0.1) is 11.8 Å². The second kappa shape index (κ2) is 7.09. The monoisotopic (exact) mass is 264 g/mol. The zero-order valence-electron chi connectivity index (χ0n) is 12.4. The minimum atomic E-state index is -0.214. The minimum absolute atomic E-state index is 0.214. The third-order valence-corrected chi connectivity index (χ3v) is 4.30. The van der Waals surface area contributed by atoms with Crippen molar-refractivity contribution in [3.05, 3.63) is 18.0 Å². The van der Waals surface area contributed by atoms with Crippen LogP contribution in [0.1, 0.15) is 70.5 Å². The van der Waals surface area contributed by atoms with Gasteiger partial charge in [0.15, 0.2) is 0 Å². The van der Waals surface area contributed by atoms with E-state index in [-0.39, 0.29) is 6.10 Å². The van der Waals surface area contributed by atoms with Crippen molar-refractivity contribution in [2.45, 2.75) is 77.4 Å². The van der Waals surface area contributed by atoms with Crippen LogP contribution in [0.4, 0.5) is 0 Å². The summed E-state index contributed by atoms with van der Waals surface area (Å²) in [6.07, 6.45) is 11.5. The average Bonchev–Trinajstić information content (AvgIpc) is 2.76. The molecule has 0 saturated heterocycles. The van der Waals surface area contributed by atoms with Gasteiger partial charge in [-0.1, -0.05) is 32.1 Å². The molecule has 0 radical (unpaired) electrons. The van der Waals surface area contributed by atoms with E-state index in [9.17, 15) is 5.11 Å². The van der Waals surface area contributed by atoms with E-state index >= 15 is 0 Å². The molecular formula is C16H28N2O. The molecule has 3 heteroatoms. The van der Waals surface area contributed by atoms with Gasteiger partial charge in [0.2, 0.25) is 0 Å². The van der Waals surface area contributed by atoms with Crippen molar-refractivity contribution in [2.24, 2.45) is 5.92 Å². The van der Waals surface area contributed by atoms with Gasteiger partial charge in [0.25, 0.3) is 0 Å². The molecule has 0 amide bonds. The predicted molar refractivity (Wildman–Crippen MR) is 78.1 cm³/mol. The van der Waals surface area contributed by atoms with Crippen LogP contribution in [0.25, 0.3) is 0 Å². The molecule has 1 fully saturated rings. The highest BCUT2D eigenvalue weighted by Crippen LogP contribution is 2.26. The van der Waals surface area contributed by atoms with Crippen molar-refractivity contribution in [2.75, 3.05) is 0 Å². The lowest BCUT2D eigenvalue weighted by Crippen LogP contribution is -2.24. The second-order valence-corrected chi connectivity index (χ2v) is 6.26. The van der Waals surface area contributed by atoms with Crippen LogP contribution in [-0.2, 0) is 6.42 Å². The number of nitrogens with zero attached hydrogens (tertiary/aromatic N) is 2. The summed E-state index contributed by atoms with van der Waals surface area (Å²) in [6, 6.07) is 2.44. The van der Waals surface area contributed by atoms with Gasteiger partial charge in [-0.25, -0.2) is 0 Å². The number of aliphatic hydroxyl groups excluding tert-OH is 1. The van der Waals surface area contributed by atoms with Crippen molar-refractivity contribution >= 4 is 0 Å². The maximum absolute atomic E-state index is 10.4. The van der Waals surface area contributed by atoms with Crippen molar-refractivity contribution in [3.8, 4) is 0 Å². The summed E-state index contributed by atoms with van der Waals surface area (Å²) in [5.41, 5.74) is 1.03. The number of rotatable bonds is 4. The first-order valence-corrected chi connectivity index (χ1v) is 7.89. The standard InChI is InChI=1S/C16H28N2O/c1-13(2)18-11-10-15(17-18)12-16(19)14-8-6-4-3-5-7-9-14/h10-11,13-14,16,19H,3-9,12H2,1-2H3. The van der Waals surface area contributed by atoms with E-state index in [4.69, 9.17) is 0 Å². The molecule has 1 N–H and O–H groups in total. The van der Waals surface area contributed by atoms with Crippen molar-refractivity contribution in [1.29, 1.82) is 0 Å². The Bertz CT molecular complexity index is 365. The molecule has 0 aromatic carbocycles. The topological polar surface area (TPSA) is 38.0 Å². The molecule has 1 heterocycles. The van der Waals surface area contributed by atoms with E-state index < -0.39 is 0 Å². The van der Waals surface area contributed by atoms with Gasteiger partial charge in [0, 0.05) is 18.7 Å². The Morgan fingerprint density at radius 3 is 2.42 bits per heavy atom. The molecule has 2 rings (SSSR count). The van der Waals surface area contributed by atoms with Crippen LogP contribution in [0.3, 0.4) is 0 Å². The third kappa shape index (κ3) is 4.34. The first-order chi connectivity index (χ1) is 9.16. The van der Waals surface area contributed by atoms with Crippen LogP contribution in [-0.4, -0.2) is 21.0 Å². The molecule has 0 spiro atoms. The Labute approximate surface area is 117 Å². The fourth-order valence-corrected chi connectivity index (χ4v) is 3.03. The van der Waals surface area contributed by atoms with E-state index in [1.165, 1.54) is 44.9 Å². The smallest absolute Gasteiger partial charge is 0.0650 e. The number of aromatic nitrogens is 2. The number of hydrogen-bond acceptors (Lipinski definition) is 2. The maximum Gasteiger partial charge on any atom is 0.0650 e. The lowest BCUT2D eigenvalue weighted by Gasteiger charge is -2.24. The molecule has 0 aliphatic heterocycles. The van der Waals surface area contributed by atoms with Crippen LogP contribution >= 0.6 is 0 Å². The summed E-state index contributed by atoms with van der Waals surface area (Å²) < 4.78 is 1.97. The molecule has 0 bridgehead atoms. The van der Waals surface area contributed by atoms with Gasteiger partial charge >= 0.3 is 0 Å². The highest BCUT2D eigenvalue weighted by molar-refractivity contribution is 5.01. The molecule has 1 saturated carbocycles. The summed E-state index contributed by atoms with van der Waals surface area (Å²) in [5, 5.41) is 15.0. The van der Waals surface area contributed by atoms with Crippen LogP contribution in [0.5, 0.6) is 0 Å². The molecule has 1 aromatic rings. The third-order valence-electron chi connectivity index (χ3n) is 4.30. The van der Waals surface area contributed by atoms with Crippen molar-refractivity contribution in [3.63, 3.8) is 0 Å². The van der Waals surface area contributed by atoms with E-state index in [0.29, 0.717) is 18.4 Å². The van der Waals surface area contributed by atoms with E-state index in [1.54, 1.807) is 0 Å². The highest BCUT2D eigenvalue weighted by atomic mass is 16.3. The zero-order chi connectivity index (χ0) is 13.7. The molecule has 3 nitrogen and oxygen atoms in total. The zero-order valence-corrected chi connectivity index (χ0v) is 12.4. The molecule has 1 atom stereocenters. The van der Waals surface area contributed by atoms with E-state index in [0.717, 1.165) is 5.69 Å². The second-order valence-electron chi connectivity index (χ2n) is 6.26. The van der Waals surface area contributed by atoms with Crippen LogP contribution in [0, 0.1) is 5.92 Å². The van der Waals surface area contributed by atoms with E-state index in [1.807, 2.05) is 16.9 Å². The van der Waals surface area contributed by atoms with Gasteiger partial charge < -0.3 is 5.11 Å². The van der Waals surface area contributed by atoms with Crippen LogP contribution in [0.2, 0.25) is 0 Å². The largest absolute Gasteiger partial charge is 0.392 e. The lowest BCUT2D eigenvalue weighted by molar-refractivity contribution is 0.0903. The highest BCUT2D eigenvalue weighted by Gasteiger charge is 2.21. The predicted octanol–water partition coefficient (Wildman–Crippen LogP) is 3.73. The first kappa shape index (κ1) is 14.6. The Morgan fingerprint density at radius 2 is 1.84 bits per heavy atom. The summed E-state index contributed by atoms with van der Waals surface area (Å²) in [4.78, 5) is 0. The lowest BCUT2D eigenvalue weighted by atomic mass is 9.85. The summed E-state index contributed by atoms with van der Waals surface area (Å²) >= 11 is 0. The quantitative estimate of drug-likeness (QED) is 0.900. The van der Waals surface area contributed by atoms with Gasteiger partial charge in [-0.2, -0.15) is 5.10 Å². The van der Waals surface area contributed by atoms with Crippen LogP contribution < -0.4 is 0 Å². The Morgan fingerprint density at radius 1 is 1.21 bits per heavy atom. The first-order valence-electron chi connectivity index (χ1n) is 7.89. The summed E-state index contributed by atoms with van der Waals surface area (Å²) in [5.74, 6) is 0.476. The Hall–Kier alpha value is -0.830. The minimum Gasteiger partial charge on any atom is -0.392 e. The molecule has 108 valence electrons. The SMILES string of the molecule is CC(C)n1ccc(CC(O)C2CCCCCCC2)n1. The van der Waals surface area contributed by atoms with Gasteiger partial charge in [-0.3, -0.25) is 4.68 Å². The molecule has 1 aliphatic carbocycles. The summed E-state index contributed by atoms with van der Waals surface area (Å²) in [7, 11) is 0. The van der Waals surface area contributed by atoms with Gasteiger partial charge in [0.1, 0.15) is 0 Å². The maximum atomic E-state index is 10.4. The Balaban J connectivity index is 1.89. The molecule has 19 heavy (non-hydrogen) atoms. The molecule has 1 aromatic heterocycles. The van der Waals surface area contributed by atoms with E-state index in [2.05, 4.69) is 18.9 Å².